The molecule has 0 heterocycles. The minimum atomic E-state index is 0.337. The third-order valence-electron chi connectivity index (χ3n) is 4.88. The van der Waals surface area contributed by atoms with Gasteiger partial charge in [0.05, 0.1) is 33.4 Å². The monoisotopic (exact) mass is 369 g/mol. The van der Waals surface area contributed by atoms with Gasteiger partial charge in [0.25, 0.3) is 0 Å². The number of nitrogens with one attached hydrogen (secondary N) is 1. The Labute approximate surface area is 160 Å². The first-order valence-electron chi connectivity index (χ1n) is 9.13. The topological polar surface area (TPSA) is 78.1 Å². The van der Waals surface area contributed by atoms with Crippen molar-refractivity contribution >= 4 is 11.6 Å². The largest absolute Gasteiger partial charge is 0.496 e. The number of guanidine groups is 1. The van der Waals surface area contributed by atoms with Gasteiger partial charge in [0.2, 0.25) is 0 Å². The van der Waals surface area contributed by atoms with Crippen LogP contribution in [0.2, 0.25) is 0 Å². The molecule has 0 saturated carbocycles. The number of fused-ring (bicyclic) bond motifs is 1. The summed E-state index contributed by atoms with van der Waals surface area (Å²) in [6, 6.07) is 9.94. The summed E-state index contributed by atoms with van der Waals surface area (Å²) in [5, 5.41) is 3.26. The number of hydrogen-bond donors (Lipinski definition) is 2. The van der Waals surface area contributed by atoms with Gasteiger partial charge in [0.1, 0.15) is 17.2 Å². The molecule has 0 aromatic heterocycles. The van der Waals surface area contributed by atoms with Crippen molar-refractivity contribution in [3.8, 4) is 17.2 Å². The summed E-state index contributed by atoms with van der Waals surface area (Å²) in [5.74, 6) is 2.34. The van der Waals surface area contributed by atoms with Crippen molar-refractivity contribution in [3.05, 3.63) is 47.0 Å². The van der Waals surface area contributed by atoms with Crippen LogP contribution >= 0.6 is 0 Å². The lowest BCUT2D eigenvalue weighted by atomic mass is 9.90. The first kappa shape index (κ1) is 18.9. The second-order valence-electron chi connectivity index (χ2n) is 6.49. The van der Waals surface area contributed by atoms with Crippen LogP contribution in [0.5, 0.6) is 17.2 Å². The number of hydrogen-bond acceptors (Lipinski definition) is 4. The standard InChI is InChI=1S/C21H27N3O3/c1-25-15-11-19(26-2)17(20(12-15)27-3)13-23-21(22)24-18-10-6-8-14-7-4-5-9-16(14)18/h6,8,10-12H,4-5,7,9,13H2,1-3H3,(H3,22,23,24). The minimum absolute atomic E-state index is 0.337. The molecule has 0 unspecified atom stereocenters. The Bertz CT molecular complexity index is 808. The van der Waals surface area contributed by atoms with Gasteiger partial charge in [-0.05, 0) is 42.9 Å². The molecule has 0 bridgehead atoms. The fourth-order valence-corrected chi connectivity index (χ4v) is 3.47. The Morgan fingerprint density at radius 2 is 1.74 bits per heavy atom. The van der Waals surface area contributed by atoms with E-state index in [2.05, 4.69) is 28.5 Å². The molecule has 0 radical (unpaired) electrons. The summed E-state index contributed by atoms with van der Waals surface area (Å²) < 4.78 is 16.2. The van der Waals surface area contributed by atoms with E-state index in [4.69, 9.17) is 19.9 Å². The quantitative estimate of drug-likeness (QED) is 0.602. The highest BCUT2D eigenvalue weighted by molar-refractivity contribution is 5.93. The zero-order valence-electron chi connectivity index (χ0n) is 16.2. The van der Waals surface area contributed by atoms with Gasteiger partial charge in [-0.15, -0.1) is 0 Å². The molecule has 3 rings (SSSR count). The zero-order chi connectivity index (χ0) is 19.2. The van der Waals surface area contributed by atoms with E-state index in [0.29, 0.717) is 29.8 Å². The van der Waals surface area contributed by atoms with Crippen LogP contribution in [0.4, 0.5) is 5.69 Å². The Hall–Kier alpha value is -2.89. The summed E-state index contributed by atoms with van der Waals surface area (Å²) in [7, 11) is 4.83. The van der Waals surface area contributed by atoms with Crippen molar-refractivity contribution in [2.24, 2.45) is 10.7 Å². The molecule has 144 valence electrons. The predicted molar refractivity (Wildman–Crippen MR) is 108 cm³/mol. The van der Waals surface area contributed by atoms with Crippen LogP contribution in [0.15, 0.2) is 35.3 Å². The molecule has 27 heavy (non-hydrogen) atoms. The average molecular weight is 369 g/mol. The van der Waals surface area contributed by atoms with Crippen molar-refractivity contribution in [2.45, 2.75) is 32.2 Å². The first-order chi connectivity index (χ1) is 13.2. The molecule has 1 aliphatic rings. The van der Waals surface area contributed by atoms with Crippen LogP contribution in [-0.2, 0) is 19.4 Å². The SMILES string of the molecule is COc1cc(OC)c(CN=C(N)Nc2cccc3c2CCCC3)c(OC)c1. The molecule has 6 nitrogen and oxygen atoms in total. The molecule has 0 amide bonds. The number of nitrogens with zero attached hydrogens (tertiary/aromatic N) is 1. The van der Waals surface area contributed by atoms with Crippen molar-refractivity contribution in [2.75, 3.05) is 26.6 Å². The highest BCUT2D eigenvalue weighted by Crippen LogP contribution is 2.34. The highest BCUT2D eigenvalue weighted by Gasteiger charge is 2.15. The Balaban J connectivity index is 1.80. The maximum Gasteiger partial charge on any atom is 0.193 e. The number of nitrogens with two attached hydrogens (primary N) is 1. The third-order valence-corrected chi connectivity index (χ3v) is 4.88. The number of benzene rings is 2. The Morgan fingerprint density at radius 3 is 2.41 bits per heavy atom. The van der Waals surface area contributed by atoms with Gasteiger partial charge >= 0.3 is 0 Å². The molecule has 3 N–H and O–H groups in total. The fourth-order valence-electron chi connectivity index (χ4n) is 3.47. The first-order valence-corrected chi connectivity index (χ1v) is 9.13. The van der Waals surface area contributed by atoms with Gasteiger partial charge in [-0.1, -0.05) is 12.1 Å². The Morgan fingerprint density at radius 1 is 1.04 bits per heavy atom. The maximum absolute atomic E-state index is 6.16. The summed E-state index contributed by atoms with van der Waals surface area (Å²) in [4.78, 5) is 4.49. The maximum atomic E-state index is 6.16. The second kappa shape index (κ2) is 8.66. The van der Waals surface area contributed by atoms with E-state index in [0.717, 1.165) is 24.1 Å². The minimum Gasteiger partial charge on any atom is -0.496 e. The predicted octanol–water partition coefficient (Wildman–Crippen LogP) is 3.52. The zero-order valence-corrected chi connectivity index (χ0v) is 16.2. The fraction of sp³-hybridized carbons (Fsp3) is 0.381. The van der Waals surface area contributed by atoms with E-state index in [1.165, 1.54) is 24.0 Å². The molecular weight excluding hydrogens is 342 g/mol. The van der Waals surface area contributed by atoms with E-state index in [-0.39, 0.29) is 0 Å². The highest BCUT2D eigenvalue weighted by atomic mass is 16.5. The van der Waals surface area contributed by atoms with Crippen LogP contribution in [0.3, 0.4) is 0 Å². The lowest BCUT2D eigenvalue weighted by Crippen LogP contribution is -2.24. The van der Waals surface area contributed by atoms with E-state index >= 15 is 0 Å². The number of ether oxygens (including phenoxy) is 3. The molecule has 0 saturated heterocycles. The molecule has 6 heteroatoms. The van der Waals surface area contributed by atoms with Crippen molar-refractivity contribution < 1.29 is 14.2 Å². The van der Waals surface area contributed by atoms with Crippen molar-refractivity contribution in [3.63, 3.8) is 0 Å². The molecular formula is C21H27N3O3. The molecule has 1 aliphatic carbocycles. The molecule has 0 aliphatic heterocycles. The summed E-state index contributed by atoms with van der Waals surface area (Å²) >= 11 is 0. The number of rotatable bonds is 6. The van der Waals surface area contributed by atoms with Gasteiger partial charge in [-0.25, -0.2) is 4.99 Å². The van der Waals surface area contributed by atoms with Gasteiger partial charge < -0.3 is 25.3 Å². The summed E-state index contributed by atoms with van der Waals surface area (Å²) in [5.41, 5.74) is 10.8. The number of methoxy groups -OCH3 is 3. The molecule has 2 aromatic carbocycles. The van der Waals surface area contributed by atoms with E-state index in [1.807, 2.05) is 12.1 Å². The molecule has 0 fully saturated rings. The van der Waals surface area contributed by atoms with Gasteiger partial charge in [-0.3, -0.25) is 0 Å². The van der Waals surface area contributed by atoms with E-state index in [1.54, 1.807) is 21.3 Å². The van der Waals surface area contributed by atoms with E-state index in [9.17, 15) is 0 Å². The second-order valence-corrected chi connectivity index (χ2v) is 6.49. The van der Waals surface area contributed by atoms with Crippen LogP contribution in [-0.4, -0.2) is 27.3 Å². The number of aliphatic imine (C=N–C) groups is 1. The van der Waals surface area contributed by atoms with Crippen molar-refractivity contribution in [1.82, 2.24) is 0 Å². The molecule has 2 aromatic rings. The van der Waals surface area contributed by atoms with Crippen molar-refractivity contribution in [1.29, 1.82) is 0 Å². The summed E-state index contributed by atoms with van der Waals surface area (Å²) in [6.45, 7) is 0.337. The smallest absolute Gasteiger partial charge is 0.193 e. The lowest BCUT2D eigenvalue weighted by Gasteiger charge is -2.20. The van der Waals surface area contributed by atoms with Crippen LogP contribution in [0.25, 0.3) is 0 Å². The van der Waals surface area contributed by atoms with Gasteiger partial charge in [0.15, 0.2) is 5.96 Å². The van der Waals surface area contributed by atoms with Gasteiger partial charge in [0, 0.05) is 17.8 Å². The van der Waals surface area contributed by atoms with Gasteiger partial charge in [-0.2, -0.15) is 0 Å². The normalized spacial score (nSPS) is 13.7. The number of anilines is 1. The summed E-state index contributed by atoms with van der Waals surface area (Å²) in [6.07, 6.45) is 4.66. The number of aryl methyl sites for hydroxylation is 1. The van der Waals surface area contributed by atoms with Crippen LogP contribution in [0, 0.1) is 0 Å². The van der Waals surface area contributed by atoms with Crippen LogP contribution < -0.4 is 25.3 Å². The Kier molecular flexibility index (Phi) is 6.06. The van der Waals surface area contributed by atoms with E-state index < -0.39 is 0 Å². The average Bonchev–Trinajstić information content (AvgIpc) is 2.71. The molecule has 0 atom stereocenters. The molecule has 0 spiro atoms. The van der Waals surface area contributed by atoms with Crippen LogP contribution in [0.1, 0.15) is 29.5 Å². The lowest BCUT2D eigenvalue weighted by molar-refractivity contribution is 0.369. The third kappa shape index (κ3) is 4.27.